The molecule has 0 spiro atoms. The Labute approximate surface area is 154 Å². The van der Waals surface area contributed by atoms with E-state index in [4.69, 9.17) is 16.3 Å². The Hall–Kier alpha value is -2.11. The largest absolute Gasteiger partial charge is 0.489 e. The van der Waals surface area contributed by atoms with Crippen molar-refractivity contribution >= 4 is 39.7 Å². The van der Waals surface area contributed by atoms with Crippen molar-refractivity contribution < 1.29 is 9.53 Å². The summed E-state index contributed by atoms with van der Waals surface area (Å²) in [6, 6.07) is 12.7. The fourth-order valence-corrected chi connectivity index (χ4v) is 2.41. The highest BCUT2D eigenvalue weighted by molar-refractivity contribution is 9.10. The first-order valence-corrected chi connectivity index (χ1v) is 8.35. The maximum atomic E-state index is 11.9. The number of amides is 1. The van der Waals surface area contributed by atoms with Gasteiger partial charge in [0.25, 0.3) is 0 Å². The molecule has 2 aromatic rings. The average molecular weight is 408 g/mol. The minimum absolute atomic E-state index is 0.211. The van der Waals surface area contributed by atoms with Crippen molar-refractivity contribution in [3.8, 4) is 5.75 Å². The van der Waals surface area contributed by atoms with E-state index in [-0.39, 0.29) is 12.3 Å². The quantitative estimate of drug-likeness (QED) is 0.421. The van der Waals surface area contributed by atoms with Crippen LogP contribution in [0.4, 0.5) is 0 Å². The number of nitrogens with zero attached hydrogens (tertiary/aromatic N) is 1. The van der Waals surface area contributed by atoms with Crippen LogP contribution in [0.2, 0.25) is 5.02 Å². The molecule has 0 radical (unpaired) electrons. The van der Waals surface area contributed by atoms with Crippen LogP contribution in [-0.4, -0.2) is 18.7 Å². The van der Waals surface area contributed by atoms with Crippen LogP contribution in [-0.2, 0) is 11.2 Å². The second kappa shape index (κ2) is 9.25. The van der Waals surface area contributed by atoms with Gasteiger partial charge in [-0.3, -0.25) is 4.79 Å². The predicted octanol–water partition coefficient (Wildman–Crippen LogP) is 4.36. The number of hydrogen-bond acceptors (Lipinski definition) is 3. The molecular weight excluding hydrogens is 392 g/mol. The number of nitrogens with one attached hydrogen (secondary N) is 1. The molecule has 0 heterocycles. The molecule has 0 saturated carbocycles. The number of halogens is 2. The summed E-state index contributed by atoms with van der Waals surface area (Å²) < 4.78 is 6.44. The molecule has 0 atom stereocenters. The minimum Gasteiger partial charge on any atom is -0.489 e. The van der Waals surface area contributed by atoms with Gasteiger partial charge in [-0.05, 0) is 35.9 Å². The van der Waals surface area contributed by atoms with Gasteiger partial charge < -0.3 is 4.74 Å². The van der Waals surface area contributed by atoms with Gasteiger partial charge in [0.1, 0.15) is 12.4 Å². The summed E-state index contributed by atoms with van der Waals surface area (Å²) in [5, 5.41) is 4.63. The van der Waals surface area contributed by atoms with Crippen LogP contribution in [0.25, 0.3) is 0 Å². The fraction of sp³-hybridized carbons (Fsp3) is 0.111. The standard InChI is InChI=1S/C18H16BrClN2O2/c1-2-9-24-17-8-5-15(19)11-14(17)12-21-22-18(23)10-13-3-6-16(20)7-4-13/h2-8,11-12H,1,9-10H2,(H,22,23)/b21-12-. The summed E-state index contributed by atoms with van der Waals surface area (Å²) in [4.78, 5) is 11.9. The number of carbonyl (C=O) groups excluding carboxylic acids is 1. The third kappa shape index (κ3) is 5.83. The second-order valence-corrected chi connectivity index (χ2v) is 6.23. The van der Waals surface area contributed by atoms with E-state index < -0.39 is 0 Å². The molecule has 4 nitrogen and oxygen atoms in total. The van der Waals surface area contributed by atoms with Crippen molar-refractivity contribution in [3.63, 3.8) is 0 Å². The van der Waals surface area contributed by atoms with E-state index >= 15 is 0 Å². The Morgan fingerprint density at radius 2 is 2.04 bits per heavy atom. The molecule has 0 saturated heterocycles. The van der Waals surface area contributed by atoms with Crippen LogP contribution >= 0.6 is 27.5 Å². The molecule has 0 aliphatic rings. The van der Waals surface area contributed by atoms with Crippen LogP contribution in [0, 0.1) is 0 Å². The van der Waals surface area contributed by atoms with E-state index in [1.54, 1.807) is 36.6 Å². The van der Waals surface area contributed by atoms with Gasteiger partial charge in [-0.25, -0.2) is 5.43 Å². The number of carbonyl (C=O) groups is 1. The first-order valence-electron chi connectivity index (χ1n) is 7.18. The van der Waals surface area contributed by atoms with Crippen molar-refractivity contribution in [1.29, 1.82) is 0 Å². The molecule has 6 heteroatoms. The summed E-state index contributed by atoms with van der Waals surface area (Å²) in [5.41, 5.74) is 4.12. The Balaban J connectivity index is 1.97. The van der Waals surface area contributed by atoms with Gasteiger partial charge >= 0.3 is 0 Å². The van der Waals surface area contributed by atoms with Gasteiger partial charge in [-0.1, -0.05) is 52.3 Å². The van der Waals surface area contributed by atoms with Crippen LogP contribution in [0.15, 0.2) is 64.7 Å². The molecular formula is C18H16BrClN2O2. The summed E-state index contributed by atoms with van der Waals surface area (Å²) in [5.74, 6) is 0.450. The number of rotatable bonds is 7. The van der Waals surface area contributed by atoms with Crippen molar-refractivity contribution in [1.82, 2.24) is 5.43 Å². The highest BCUT2D eigenvalue weighted by atomic mass is 79.9. The smallest absolute Gasteiger partial charge is 0.244 e. The molecule has 1 N–H and O–H groups in total. The zero-order valence-electron chi connectivity index (χ0n) is 12.8. The number of hydrazone groups is 1. The Morgan fingerprint density at radius 1 is 1.29 bits per heavy atom. The molecule has 0 bridgehead atoms. The Kier molecular flexibility index (Phi) is 7.03. The lowest BCUT2D eigenvalue weighted by Gasteiger charge is -2.07. The average Bonchev–Trinajstić information content (AvgIpc) is 2.56. The highest BCUT2D eigenvalue weighted by Gasteiger charge is 2.04. The van der Waals surface area contributed by atoms with Gasteiger partial charge in [0.2, 0.25) is 5.91 Å². The molecule has 0 aliphatic carbocycles. The topological polar surface area (TPSA) is 50.7 Å². The minimum atomic E-state index is -0.211. The SMILES string of the molecule is C=CCOc1ccc(Br)cc1/C=N\NC(=O)Cc1ccc(Cl)cc1. The normalized spacial score (nSPS) is 10.6. The number of ether oxygens (including phenoxy) is 1. The predicted molar refractivity (Wildman–Crippen MR) is 101 cm³/mol. The monoisotopic (exact) mass is 406 g/mol. The molecule has 0 fully saturated rings. The van der Waals surface area contributed by atoms with Gasteiger partial charge in [-0.2, -0.15) is 5.10 Å². The molecule has 2 aromatic carbocycles. The van der Waals surface area contributed by atoms with Crippen LogP contribution in [0.1, 0.15) is 11.1 Å². The molecule has 24 heavy (non-hydrogen) atoms. The maximum absolute atomic E-state index is 11.9. The Morgan fingerprint density at radius 3 is 2.75 bits per heavy atom. The van der Waals surface area contributed by atoms with Crippen LogP contribution < -0.4 is 10.2 Å². The van der Waals surface area contributed by atoms with Crippen molar-refractivity contribution in [2.45, 2.75) is 6.42 Å². The van der Waals surface area contributed by atoms with Gasteiger partial charge in [-0.15, -0.1) is 0 Å². The van der Waals surface area contributed by atoms with E-state index in [2.05, 4.69) is 33.0 Å². The van der Waals surface area contributed by atoms with Crippen molar-refractivity contribution in [3.05, 3.63) is 75.7 Å². The van der Waals surface area contributed by atoms with E-state index in [1.807, 2.05) is 18.2 Å². The van der Waals surface area contributed by atoms with Crippen LogP contribution in [0.5, 0.6) is 5.75 Å². The van der Waals surface area contributed by atoms with E-state index in [0.29, 0.717) is 17.4 Å². The zero-order chi connectivity index (χ0) is 17.4. The summed E-state index contributed by atoms with van der Waals surface area (Å²) >= 11 is 9.22. The van der Waals surface area contributed by atoms with Gasteiger partial charge in [0.15, 0.2) is 0 Å². The van der Waals surface area contributed by atoms with E-state index in [0.717, 1.165) is 15.6 Å². The fourth-order valence-electron chi connectivity index (χ4n) is 1.90. The molecule has 2 rings (SSSR count). The highest BCUT2D eigenvalue weighted by Crippen LogP contribution is 2.21. The Bertz CT molecular complexity index is 745. The lowest BCUT2D eigenvalue weighted by molar-refractivity contribution is -0.120. The number of hydrogen-bond donors (Lipinski definition) is 1. The first-order chi connectivity index (χ1) is 11.6. The van der Waals surface area contributed by atoms with Gasteiger partial charge in [0, 0.05) is 15.1 Å². The third-order valence-corrected chi connectivity index (χ3v) is 3.74. The summed E-state index contributed by atoms with van der Waals surface area (Å²) in [6.07, 6.45) is 3.44. The van der Waals surface area contributed by atoms with Gasteiger partial charge in [0.05, 0.1) is 12.6 Å². The zero-order valence-corrected chi connectivity index (χ0v) is 15.2. The van der Waals surface area contributed by atoms with Crippen LogP contribution in [0.3, 0.4) is 0 Å². The van der Waals surface area contributed by atoms with Crippen molar-refractivity contribution in [2.75, 3.05) is 6.61 Å². The molecule has 1 amide bonds. The molecule has 124 valence electrons. The molecule has 0 unspecified atom stereocenters. The lowest BCUT2D eigenvalue weighted by atomic mass is 10.1. The third-order valence-electron chi connectivity index (χ3n) is 3.00. The second-order valence-electron chi connectivity index (χ2n) is 4.88. The molecule has 0 aromatic heterocycles. The van der Waals surface area contributed by atoms with E-state index in [1.165, 1.54) is 0 Å². The maximum Gasteiger partial charge on any atom is 0.244 e. The van der Waals surface area contributed by atoms with E-state index in [9.17, 15) is 4.79 Å². The lowest BCUT2D eigenvalue weighted by Crippen LogP contribution is -2.19. The summed E-state index contributed by atoms with van der Waals surface area (Å²) in [7, 11) is 0. The number of benzene rings is 2. The van der Waals surface area contributed by atoms with Crippen molar-refractivity contribution in [2.24, 2.45) is 5.10 Å². The molecule has 0 aliphatic heterocycles. The first kappa shape index (κ1) is 18.2. The summed E-state index contributed by atoms with van der Waals surface area (Å²) in [6.45, 7) is 4.01.